The van der Waals surface area contributed by atoms with E-state index in [0.29, 0.717) is 10.6 Å². The normalized spacial score (nSPS) is 11.7. The average molecular weight is 706 g/mol. The van der Waals surface area contributed by atoms with E-state index in [9.17, 15) is 0 Å². The van der Waals surface area contributed by atoms with Gasteiger partial charge in [-0.3, -0.25) is 0 Å². The van der Waals surface area contributed by atoms with Gasteiger partial charge in [0.1, 0.15) is 11.0 Å². The number of rotatable bonds is 34. The first-order valence-electron chi connectivity index (χ1n) is 21.0. The molecule has 0 saturated carbocycles. The Labute approximate surface area is 307 Å². The SMILES string of the molecule is CCCCCCCCCCCCCCCCCCc1nc(Cl)nc2c(CCCCCCCCCCCCCCCCCC)nc(Cl)nc12. The molecule has 0 bridgehead atoms. The Hall–Kier alpha value is -1.00. The second kappa shape index (κ2) is 30.8. The van der Waals surface area contributed by atoms with Gasteiger partial charge in [-0.25, -0.2) is 19.9 Å². The molecule has 2 aromatic heterocycles. The van der Waals surface area contributed by atoms with Gasteiger partial charge >= 0.3 is 0 Å². The number of halogens is 2. The quantitative estimate of drug-likeness (QED) is 0.0537. The fraction of sp³-hybridized carbons (Fsp3) is 0.857. The smallest absolute Gasteiger partial charge is 0.221 e. The molecule has 48 heavy (non-hydrogen) atoms. The van der Waals surface area contributed by atoms with Crippen molar-refractivity contribution in [3.8, 4) is 0 Å². The Morgan fingerprint density at radius 1 is 0.292 bits per heavy atom. The van der Waals surface area contributed by atoms with Gasteiger partial charge in [0.2, 0.25) is 10.6 Å². The van der Waals surface area contributed by atoms with Crippen molar-refractivity contribution in [2.24, 2.45) is 0 Å². The van der Waals surface area contributed by atoms with Crippen LogP contribution in [0.1, 0.15) is 231 Å². The van der Waals surface area contributed by atoms with Crippen LogP contribution in [0.3, 0.4) is 0 Å². The van der Waals surface area contributed by atoms with Crippen LogP contribution in [0.4, 0.5) is 0 Å². The van der Waals surface area contributed by atoms with Gasteiger partial charge in [0.25, 0.3) is 0 Å². The van der Waals surface area contributed by atoms with E-state index in [1.165, 1.54) is 193 Å². The van der Waals surface area contributed by atoms with Gasteiger partial charge in [-0.05, 0) is 48.9 Å². The summed E-state index contributed by atoms with van der Waals surface area (Å²) in [5, 5.41) is 0.598. The van der Waals surface area contributed by atoms with Crippen molar-refractivity contribution in [3.63, 3.8) is 0 Å². The molecule has 0 saturated heterocycles. The van der Waals surface area contributed by atoms with E-state index in [-0.39, 0.29) is 0 Å². The van der Waals surface area contributed by atoms with Crippen molar-refractivity contribution in [2.45, 2.75) is 232 Å². The summed E-state index contributed by atoms with van der Waals surface area (Å²) in [5.41, 5.74) is 3.44. The van der Waals surface area contributed by atoms with E-state index < -0.39 is 0 Å². The molecule has 6 heteroatoms. The van der Waals surface area contributed by atoms with Gasteiger partial charge in [0.15, 0.2) is 0 Å². The number of aromatic nitrogens is 4. The molecule has 0 aromatic carbocycles. The Kier molecular flexibility index (Phi) is 27.7. The van der Waals surface area contributed by atoms with Gasteiger partial charge in [-0.2, -0.15) is 0 Å². The summed E-state index contributed by atoms with van der Waals surface area (Å²) < 4.78 is 0. The lowest BCUT2D eigenvalue weighted by Gasteiger charge is -2.10. The highest BCUT2D eigenvalue weighted by Crippen LogP contribution is 2.24. The highest BCUT2D eigenvalue weighted by molar-refractivity contribution is 6.29. The van der Waals surface area contributed by atoms with Crippen LogP contribution in [0.5, 0.6) is 0 Å². The summed E-state index contributed by atoms with van der Waals surface area (Å²) >= 11 is 12.8. The molecular formula is C42H74Cl2N4. The molecule has 4 nitrogen and oxygen atoms in total. The third-order valence-corrected chi connectivity index (χ3v) is 10.5. The minimum Gasteiger partial charge on any atom is -0.221 e. The van der Waals surface area contributed by atoms with Crippen molar-refractivity contribution in [1.29, 1.82) is 0 Å². The van der Waals surface area contributed by atoms with Crippen LogP contribution in [-0.4, -0.2) is 19.9 Å². The summed E-state index contributed by atoms with van der Waals surface area (Å²) in [6.45, 7) is 4.59. The maximum Gasteiger partial charge on any atom is 0.223 e. The monoisotopic (exact) mass is 705 g/mol. The minimum atomic E-state index is 0.299. The van der Waals surface area contributed by atoms with Crippen molar-refractivity contribution in [3.05, 3.63) is 22.0 Å². The second-order valence-electron chi connectivity index (χ2n) is 14.7. The van der Waals surface area contributed by atoms with Crippen LogP contribution in [0.25, 0.3) is 11.0 Å². The van der Waals surface area contributed by atoms with Gasteiger partial charge in [-0.15, -0.1) is 0 Å². The fourth-order valence-electron chi connectivity index (χ4n) is 7.10. The first-order chi connectivity index (χ1) is 23.7. The number of fused-ring (bicyclic) bond motifs is 1. The zero-order valence-corrected chi connectivity index (χ0v) is 33.1. The maximum absolute atomic E-state index is 6.40. The third kappa shape index (κ3) is 22.0. The number of hydrogen-bond donors (Lipinski definition) is 0. The molecule has 0 unspecified atom stereocenters. The topological polar surface area (TPSA) is 51.6 Å². The molecule has 0 spiro atoms. The maximum atomic E-state index is 6.40. The molecule has 0 aliphatic heterocycles. The predicted octanol–water partition coefficient (Wildman–Crippen LogP) is 15.3. The van der Waals surface area contributed by atoms with Gasteiger partial charge in [-0.1, -0.05) is 206 Å². The lowest BCUT2D eigenvalue weighted by Crippen LogP contribution is -2.04. The van der Waals surface area contributed by atoms with Crippen molar-refractivity contribution in [2.75, 3.05) is 0 Å². The molecule has 0 atom stereocenters. The summed E-state index contributed by atoms with van der Waals surface area (Å²) in [6.07, 6.45) is 45.5. The summed E-state index contributed by atoms with van der Waals surface area (Å²) in [7, 11) is 0. The lowest BCUT2D eigenvalue weighted by atomic mass is 10.0. The molecule has 2 heterocycles. The van der Waals surface area contributed by atoms with Crippen molar-refractivity contribution in [1.82, 2.24) is 19.9 Å². The van der Waals surface area contributed by atoms with Crippen molar-refractivity contribution >= 4 is 34.2 Å². The van der Waals surface area contributed by atoms with E-state index >= 15 is 0 Å². The zero-order valence-electron chi connectivity index (χ0n) is 31.6. The average Bonchev–Trinajstić information content (AvgIpc) is 3.08. The molecule has 2 aromatic rings. The Balaban J connectivity index is 1.55. The summed E-state index contributed by atoms with van der Waals surface area (Å²) in [4.78, 5) is 18.3. The number of unbranched alkanes of at least 4 members (excludes halogenated alkanes) is 30. The Morgan fingerprint density at radius 2 is 0.500 bits per heavy atom. The molecule has 0 radical (unpaired) electrons. The lowest BCUT2D eigenvalue weighted by molar-refractivity contribution is 0.529. The number of hydrogen-bond acceptors (Lipinski definition) is 4. The molecule has 0 aliphatic rings. The molecule has 2 rings (SSSR count). The molecule has 0 fully saturated rings. The molecule has 0 amide bonds. The first-order valence-corrected chi connectivity index (χ1v) is 21.8. The standard InChI is InChI=1S/C42H74Cl2N4/c1-3-5-7-9-11-13-15-17-19-21-23-25-27-29-31-33-35-37-39-40(48-41(43)45-37)38(46-42(44)47-39)36-34-32-30-28-26-24-22-20-18-16-14-12-10-8-6-4-2/h3-36H2,1-2H3. The van der Waals surface area contributed by atoms with Gasteiger partial charge in [0.05, 0.1) is 11.4 Å². The fourth-order valence-corrected chi connectivity index (χ4v) is 7.47. The summed E-state index contributed by atoms with van der Waals surface area (Å²) in [6, 6.07) is 0. The van der Waals surface area contributed by atoms with Gasteiger partial charge in [0, 0.05) is 0 Å². The molecule has 276 valence electrons. The molecule has 0 aliphatic carbocycles. The Bertz CT molecular complexity index is 949. The van der Waals surface area contributed by atoms with Gasteiger partial charge < -0.3 is 0 Å². The first kappa shape index (κ1) is 43.2. The molecular weight excluding hydrogens is 631 g/mol. The van der Waals surface area contributed by atoms with E-state index in [1.54, 1.807) is 0 Å². The number of nitrogens with zero attached hydrogens (tertiary/aromatic N) is 4. The highest BCUT2D eigenvalue weighted by Gasteiger charge is 2.15. The van der Waals surface area contributed by atoms with Crippen LogP contribution >= 0.6 is 23.2 Å². The predicted molar refractivity (Wildman–Crippen MR) is 212 cm³/mol. The zero-order chi connectivity index (χ0) is 34.3. The van der Waals surface area contributed by atoms with E-state index in [0.717, 1.165) is 48.1 Å². The highest BCUT2D eigenvalue weighted by atomic mass is 35.5. The van der Waals surface area contributed by atoms with E-state index in [4.69, 9.17) is 23.2 Å². The molecule has 0 N–H and O–H groups in total. The van der Waals surface area contributed by atoms with Crippen LogP contribution < -0.4 is 0 Å². The largest absolute Gasteiger partial charge is 0.223 e. The number of aryl methyl sites for hydroxylation is 2. The van der Waals surface area contributed by atoms with Crippen molar-refractivity contribution < 1.29 is 0 Å². The third-order valence-electron chi connectivity index (χ3n) is 10.2. The Morgan fingerprint density at radius 3 is 0.729 bits per heavy atom. The van der Waals surface area contributed by atoms with E-state index in [2.05, 4.69) is 33.8 Å². The van der Waals surface area contributed by atoms with Crippen LogP contribution in [0, 0.1) is 0 Å². The summed E-state index contributed by atoms with van der Waals surface area (Å²) in [5.74, 6) is 0. The second-order valence-corrected chi connectivity index (χ2v) is 15.4. The van der Waals surface area contributed by atoms with Crippen LogP contribution in [-0.2, 0) is 12.8 Å². The minimum absolute atomic E-state index is 0.299. The van der Waals surface area contributed by atoms with E-state index in [1.807, 2.05) is 0 Å². The van der Waals surface area contributed by atoms with Crippen LogP contribution in [0.2, 0.25) is 10.6 Å². The van der Waals surface area contributed by atoms with Crippen LogP contribution in [0.15, 0.2) is 0 Å².